The Morgan fingerprint density at radius 1 is 0.516 bits per heavy atom. The molecule has 0 heterocycles. The number of hydrogen-bond donors (Lipinski definition) is 4. The predicted molar refractivity (Wildman–Crippen MR) is 254 cm³/mol. The van der Waals surface area contributed by atoms with E-state index in [1.54, 1.807) is 0 Å². The number of carbonyl (C=O) groups excluding carboxylic acids is 2. The van der Waals surface area contributed by atoms with Crippen molar-refractivity contribution in [2.75, 3.05) is 19.8 Å². The second-order valence-electron chi connectivity index (χ2n) is 15.9. The lowest BCUT2D eigenvalue weighted by molar-refractivity contribution is -0.147. The van der Waals surface area contributed by atoms with Gasteiger partial charge in [0, 0.05) is 12.8 Å². The highest BCUT2D eigenvalue weighted by Gasteiger charge is 2.28. The molecule has 0 bridgehead atoms. The monoisotopic (exact) mass is 892 g/mol. The molecule has 1 amide bonds. The van der Waals surface area contributed by atoms with E-state index in [2.05, 4.69) is 92.1 Å². The molecular weight excluding hydrogens is 806 g/mol. The van der Waals surface area contributed by atoms with Crippen molar-refractivity contribution in [3.05, 3.63) is 72.9 Å². The standard InChI is InChI=1S/C50H86NO10P/c1-3-5-7-9-11-13-15-17-19-21-23-25-27-29-31-33-35-37-39-41-48(53)51-47(50(55)56)45-61-62(57,58)60-44-46(52)43-59-49(54)42-40-38-36-34-32-30-28-26-24-22-20-18-16-14-12-10-8-6-4-2/h11-14,17-20,23,25,29,31,46-47,52H,3-10,15-16,21-22,24,26-28,30,32-45H2,1-2H3,(H,51,53)(H,55,56)(H,57,58)/b13-11-,14-12-,19-17-,20-18-,25-23-,31-29-. The van der Waals surface area contributed by atoms with Gasteiger partial charge in [0.05, 0.1) is 13.2 Å². The molecule has 0 aromatic heterocycles. The van der Waals surface area contributed by atoms with E-state index in [0.717, 1.165) is 70.6 Å². The number of amides is 1. The van der Waals surface area contributed by atoms with Gasteiger partial charge >= 0.3 is 19.8 Å². The molecule has 0 aromatic carbocycles. The van der Waals surface area contributed by atoms with Gasteiger partial charge in [-0.05, 0) is 89.9 Å². The SMILES string of the molecule is CCCCC/C=C\C/C=C\C/C=C\C/C=C\CCCCCC(=O)NC(COP(=O)(O)OCC(O)COC(=O)CCCCCCCCCCC/C=C\C/C=C\CCCCC)C(=O)O. The van der Waals surface area contributed by atoms with Crippen LogP contribution in [0, 0.1) is 0 Å². The molecule has 62 heavy (non-hydrogen) atoms. The predicted octanol–water partition coefficient (Wildman–Crippen LogP) is 12.9. The van der Waals surface area contributed by atoms with Gasteiger partial charge < -0.3 is 25.2 Å². The molecule has 12 heteroatoms. The van der Waals surface area contributed by atoms with Crippen molar-refractivity contribution in [3.8, 4) is 0 Å². The highest BCUT2D eigenvalue weighted by Crippen LogP contribution is 2.43. The highest BCUT2D eigenvalue weighted by atomic mass is 31.2. The fourth-order valence-electron chi connectivity index (χ4n) is 6.21. The molecule has 356 valence electrons. The number of hydrogen-bond acceptors (Lipinski definition) is 8. The minimum atomic E-state index is -4.77. The number of carboxylic acids is 1. The van der Waals surface area contributed by atoms with Gasteiger partial charge in [0.25, 0.3) is 0 Å². The Kier molecular flexibility index (Phi) is 42.3. The summed E-state index contributed by atoms with van der Waals surface area (Å²) in [6, 6.07) is -1.57. The number of carbonyl (C=O) groups is 3. The van der Waals surface area contributed by atoms with Gasteiger partial charge in [0.1, 0.15) is 12.7 Å². The second-order valence-corrected chi connectivity index (χ2v) is 17.4. The summed E-state index contributed by atoms with van der Waals surface area (Å²) in [5.74, 6) is -2.43. The van der Waals surface area contributed by atoms with Crippen LogP contribution in [0.15, 0.2) is 72.9 Å². The van der Waals surface area contributed by atoms with Crippen molar-refractivity contribution < 1.29 is 47.8 Å². The van der Waals surface area contributed by atoms with E-state index in [1.165, 1.54) is 83.5 Å². The molecule has 0 spiro atoms. The van der Waals surface area contributed by atoms with E-state index in [-0.39, 0.29) is 12.8 Å². The smallest absolute Gasteiger partial charge is 0.472 e. The maximum Gasteiger partial charge on any atom is 0.472 e. The maximum absolute atomic E-state index is 12.3. The quantitative estimate of drug-likeness (QED) is 0.0200. The normalized spacial score (nSPS) is 14.3. The van der Waals surface area contributed by atoms with Crippen LogP contribution >= 0.6 is 7.82 Å². The van der Waals surface area contributed by atoms with Crippen LogP contribution in [0.5, 0.6) is 0 Å². The van der Waals surface area contributed by atoms with Crippen LogP contribution in [0.2, 0.25) is 0 Å². The van der Waals surface area contributed by atoms with Crippen LogP contribution in [0.3, 0.4) is 0 Å². The van der Waals surface area contributed by atoms with Crippen molar-refractivity contribution in [2.24, 2.45) is 0 Å². The van der Waals surface area contributed by atoms with E-state index in [4.69, 9.17) is 13.8 Å². The zero-order valence-corrected chi connectivity index (χ0v) is 39.5. The lowest BCUT2D eigenvalue weighted by Gasteiger charge is -2.18. The van der Waals surface area contributed by atoms with Crippen molar-refractivity contribution in [1.29, 1.82) is 0 Å². The van der Waals surface area contributed by atoms with E-state index < -0.39 is 57.6 Å². The Hall–Kier alpha value is -3.08. The number of phosphoric acid groups is 1. The highest BCUT2D eigenvalue weighted by molar-refractivity contribution is 7.47. The number of aliphatic hydroxyl groups excluding tert-OH is 1. The van der Waals surface area contributed by atoms with E-state index >= 15 is 0 Å². The summed E-state index contributed by atoms with van der Waals surface area (Å²) in [5.41, 5.74) is 0. The van der Waals surface area contributed by atoms with Crippen molar-refractivity contribution >= 4 is 25.7 Å². The Bertz CT molecular complexity index is 1320. The fourth-order valence-corrected chi connectivity index (χ4v) is 6.98. The van der Waals surface area contributed by atoms with E-state index in [9.17, 15) is 34.1 Å². The van der Waals surface area contributed by atoms with Crippen LogP contribution in [0.4, 0.5) is 0 Å². The van der Waals surface area contributed by atoms with Crippen LogP contribution < -0.4 is 5.32 Å². The Balaban J connectivity index is 3.93. The van der Waals surface area contributed by atoms with Crippen LogP contribution in [-0.2, 0) is 32.7 Å². The molecular formula is C50H86NO10P. The van der Waals surface area contributed by atoms with Crippen LogP contribution in [0.25, 0.3) is 0 Å². The van der Waals surface area contributed by atoms with Gasteiger partial charge in [-0.2, -0.15) is 0 Å². The third-order valence-electron chi connectivity index (χ3n) is 9.97. The minimum absolute atomic E-state index is 0.105. The summed E-state index contributed by atoms with van der Waals surface area (Å²) in [4.78, 5) is 46.0. The molecule has 11 nitrogen and oxygen atoms in total. The third kappa shape index (κ3) is 43.6. The van der Waals surface area contributed by atoms with Crippen molar-refractivity contribution in [1.82, 2.24) is 5.32 Å². The zero-order valence-electron chi connectivity index (χ0n) is 38.6. The van der Waals surface area contributed by atoms with Gasteiger partial charge in [-0.1, -0.05) is 164 Å². The number of esters is 1. The summed E-state index contributed by atoms with van der Waals surface area (Å²) in [6.45, 7) is 2.52. The summed E-state index contributed by atoms with van der Waals surface area (Å²) >= 11 is 0. The number of phosphoric ester groups is 1. The van der Waals surface area contributed by atoms with Crippen LogP contribution in [0.1, 0.15) is 194 Å². The van der Waals surface area contributed by atoms with Crippen molar-refractivity contribution in [3.63, 3.8) is 0 Å². The molecule has 0 fully saturated rings. The summed E-state index contributed by atoms with van der Waals surface area (Å²) in [6.07, 6.45) is 53.4. The van der Waals surface area contributed by atoms with Gasteiger partial charge in [0.2, 0.25) is 5.91 Å². The summed E-state index contributed by atoms with van der Waals surface area (Å²) in [5, 5.41) is 21.9. The minimum Gasteiger partial charge on any atom is -0.480 e. The molecule has 0 aliphatic heterocycles. The number of carboxylic acid groups (broad SMARTS) is 1. The van der Waals surface area contributed by atoms with E-state index in [1.807, 2.05) is 0 Å². The zero-order chi connectivity index (χ0) is 45.6. The molecule has 0 aliphatic rings. The lowest BCUT2D eigenvalue weighted by Crippen LogP contribution is -2.43. The number of ether oxygens (including phenoxy) is 1. The van der Waals surface area contributed by atoms with Gasteiger partial charge in [-0.3, -0.25) is 18.6 Å². The topological polar surface area (TPSA) is 169 Å². The maximum atomic E-state index is 12.3. The summed E-state index contributed by atoms with van der Waals surface area (Å²) in [7, 11) is -4.77. The molecule has 0 aromatic rings. The average molecular weight is 892 g/mol. The first-order valence-electron chi connectivity index (χ1n) is 24.0. The van der Waals surface area contributed by atoms with Crippen LogP contribution in [-0.4, -0.2) is 64.9 Å². The van der Waals surface area contributed by atoms with E-state index in [0.29, 0.717) is 12.8 Å². The molecule has 0 rings (SSSR count). The lowest BCUT2D eigenvalue weighted by atomic mass is 10.1. The number of nitrogens with one attached hydrogen (secondary N) is 1. The number of aliphatic carboxylic acids is 1. The first kappa shape index (κ1) is 58.9. The molecule has 0 radical (unpaired) electrons. The number of allylic oxidation sites excluding steroid dienone is 12. The molecule has 0 saturated carbocycles. The first-order chi connectivity index (χ1) is 30.1. The molecule has 0 aliphatic carbocycles. The molecule has 4 N–H and O–H groups in total. The van der Waals surface area contributed by atoms with Gasteiger partial charge in [0.15, 0.2) is 6.04 Å². The Morgan fingerprint density at radius 3 is 1.34 bits per heavy atom. The largest absolute Gasteiger partial charge is 0.480 e. The number of rotatable bonds is 44. The Labute approximate surface area is 376 Å². The van der Waals surface area contributed by atoms with Crippen molar-refractivity contribution in [2.45, 2.75) is 206 Å². The first-order valence-corrected chi connectivity index (χ1v) is 25.5. The fraction of sp³-hybridized carbons (Fsp3) is 0.700. The molecule has 0 saturated heterocycles. The van der Waals surface area contributed by atoms with Gasteiger partial charge in [-0.25, -0.2) is 9.36 Å². The average Bonchev–Trinajstić information content (AvgIpc) is 3.25. The second kappa shape index (κ2) is 44.5. The number of aliphatic hydroxyl groups is 1. The third-order valence-corrected chi connectivity index (χ3v) is 10.9. The Morgan fingerprint density at radius 2 is 0.887 bits per heavy atom. The number of unbranched alkanes of at least 4 members (excludes halogenated alkanes) is 18. The van der Waals surface area contributed by atoms with Gasteiger partial charge in [-0.15, -0.1) is 0 Å². The molecule has 3 unspecified atom stereocenters. The summed E-state index contributed by atoms with van der Waals surface area (Å²) < 4.78 is 26.9. The molecule has 3 atom stereocenters.